The van der Waals surface area contributed by atoms with Gasteiger partial charge in [0.15, 0.2) is 0 Å². The third kappa shape index (κ3) is 4.18. The topological polar surface area (TPSA) is 55.6 Å². The van der Waals surface area contributed by atoms with Gasteiger partial charge in [-0.25, -0.2) is 0 Å². The molecule has 1 aliphatic rings. The van der Waals surface area contributed by atoms with Crippen LogP contribution >= 0.6 is 28.3 Å². The minimum absolute atomic E-state index is 0. The molecule has 1 heterocycles. The molecule has 1 unspecified atom stereocenters. The maximum atomic E-state index is 12.4. The van der Waals surface area contributed by atoms with E-state index >= 15 is 0 Å². The van der Waals surface area contributed by atoms with Crippen molar-refractivity contribution in [3.05, 3.63) is 33.8 Å². The van der Waals surface area contributed by atoms with Gasteiger partial charge in [-0.2, -0.15) is 0 Å². The van der Waals surface area contributed by atoms with Crippen molar-refractivity contribution in [3.8, 4) is 0 Å². The van der Waals surface area contributed by atoms with E-state index in [-0.39, 0.29) is 24.4 Å². The smallest absolute Gasteiger partial charge is 0.254 e. The number of halogens is 2. The summed E-state index contributed by atoms with van der Waals surface area (Å²) in [5.41, 5.74) is 7.36. The SMILES string of the molecule is Cc1cc(Br)cc(C(=O)N2CCOC(CN)C2)c1.Cl. The van der Waals surface area contributed by atoms with E-state index in [2.05, 4.69) is 15.9 Å². The van der Waals surface area contributed by atoms with Gasteiger partial charge in [0.25, 0.3) is 5.91 Å². The number of ether oxygens (including phenoxy) is 1. The summed E-state index contributed by atoms with van der Waals surface area (Å²) < 4.78 is 6.39. The molecule has 1 atom stereocenters. The highest BCUT2D eigenvalue weighted by atomic mass is 79.9. The van der Waals surface area contributed by atoms with Crippen molar-refractivity contribution in [1.29, 1.82) is 0 Å². The van der Waals surface area contributed by atoms with Gasteiger partial charge in [0.05, 0.1) is 12.7 Å². The summed E-state index contributed by atoms with van der Waals surface area (Å²) in [5.74, 6) is 0.0427. The van der Waals surface area contributed by atoms with Gasteiger partial charge in [-0.3, -0.25) is 4.79 Å². The molecule has 1 aromatic rings. The maximum absolute atomic E-state index is 12.4. The molecule has 1 amide bonds. The second-order valence-corrected chi connectivity index (χ2v) is 5.41. The Hall–Kier alpha value is -0.620. The fraction of sp³-hybridized carbons (Fsp3) is 0.462. The second kappa shape index (κ2) is 7.24. The summed E-state index contributed by atoms with van der Waals surface area (Å²) in [5, 5.41) is 0. The van der Waals surface area contributed by atoms with Crippen molar-refractivity contribution >= 4 is 34.2 Å². The van der Waals surface area contributed by atoms with Crippen LogP contribution in [0.4, 0.5) is 0 Å². The van der Waals surface area contributed by atoms with Crippen molar-refractivity contribution in [2.24, 2.45) is 5.73 Å². The molecule has 1 fully saturated rings. The average molecular weight is 350 g/mol. The normalized spacial score (nSPS) is 18.9. The lowest BCUT2D eigenvalue weighted by atomic mass is 10.1. The molecule has 0 aromatic heterocycles. The van der Waals surface area contributed by atoms with Crippen LogP contribution in [0, 0.1) is 6.92 Å². The lowest BCUT2D eigenvalue weighted by Crippen LogP contribution is -2.48. The molecule has 1 aliphatic heterocycles. The average Bonchev–Trinajstić information content (AvgIpc) is 2.37. The molecular weight excluding hydrogens is 332 g/mol. The Kier molecular flexibility index (Phi) is 6.26. The Morgan fingerprint density at radius 3 is 2.89 bits per heavy atom. The summed E-state index contributed by atoms with van der Waals surface area (Å²) in [6.07, 6.45) is -0.0454. The first-order chi connectivity index (χ1) is 8.60. The van der Waals surface area contributed by atoms with Crippen LogP contribution < -0.4 is 5.73 Å². The molecule has 1 saturated heterocycles. The Bertz CT molecular complexity index is 436. The summed E-state index contributed by atoms with van der Waals surface area (Å²) in [4.78, 5) is 14.2. The van der Waals surface area contributed by atoms with Crippen LogP contribution in [0.5, 0.6) is 0 Å². The first-order valence-corrected chi connectivity index (χ1v) is 6.77. The first kappa shape index (κ1) is 16.4. The van der Waals surface area contributed by atoms with E-state index < -0.39 is 0 Å². The van der Waals surface area contributed by atoms with Gasteiger partial charge in [0, 0.05) is 29.7 Å². The Balaban J connectivity index is 0.00000180. The molecule has 1 aromatic carbocycles. The highest BCUT2D eigenvalue weighted by Gasteiger charge is 2.24. The number of benzene rings is 1. The number of hydrogen-bond donors (Lipinski definition) is 1. The Morgan fingerprint density at radius 1 is 1.53 bits per heavy atom. The van der Waals surface area contributed by atoms with E-state index in [9.17, 15) is 4.79 Å². The van der Waals surface area contributed by atoms with Crippen LogP contribution in [0.2, 0.25) is 0 Å². The maximum Gasteiger partial charge on any atom is 0.254 e. The van der Waals surface area contributed by atoms with E-state index in [1.165, 1.54) is 0 Å². The zero-order valence-corrected chi connectivity index (χ0v) is 13.2. The molecule has 6 heteroatoms. The van der Waals surface area contributed by atoms with E-state index in [1.54, 1.807) is 0 Å². The van der Waals surface area contributed by atoms with Crippen molar-refractivity contribution < 1.29 is 9.53 Å². The van der Waals surface area contributed by atoms with E-state index in [0.29, 0.717) is 31.8 Å². The lowest BCUT2D eigenvalue weighted by Gasteiger charge is -2.32. The van der Waals surface area contributed by atoms with E-state index in [4.69, 9.17) is 10.5 Å². The Labute approximate surface area is 127 Å². The van der Waals surface area contributed by atoms with Gasteiger partial charge in [-0.1, -0.05) is 15.9 Å². The molecular formula is C13H18BrClN2O2. The molecule has 19 heavy (non-hydrogen) atoms. The van der Waals surface area contributed by atoms with Gasteiger partial charge in [0.1, 0.15) is 0 Å². The third-order valence-electron chi connectivity index (χ3n) is 2.98. The number of nitrogens with zero attached hydrogens (tertiary/aromatic N) is 1. The summed E-state index contributed by atoms with van der Waals surface area (Å²) >= 11 is 3.42. The predicted octanol–water partition coefficient (Wildman–Crippen LogP) is 1.98. The van der Waals surface area contributed by atoms with Gasteiger partial charge in [-0.05, 0) is 30.7 Å². The van der Waals surface area contributed by atoms with Gasteiger partial charge >= 0.3 is 0 Å². The minimum atomic E-state index is -0.0454. The summed E-state index contributed by atoms with van der Waals surface area (Å²) in [6.45, 7) is 4.17. The first-order valence-electron chi connectivity index (χ1n) is 5.98. The number of amides is 1. The van der Waals surface area contributed by atoms with Crippen LogP contribution in [-0.4, -0.2) is 43.2 Å². The van der Waals surface area contributed by atoms with Crippen LogP contribution in [0.25, 0.3) is 0 Å². The van der Waals surface area contributed by atoms with E-state index in [1.807, 2.05) is 30.0 Å². The monoisotopic (exact) mass is 348 g/mol. The van der Waals surface area contributed by atoms with Crippen molar-refractivity contribution in [2.75, 3.05) is 26.2 Å². The third-order valence-corrected chi connectivity index (χ3v) is 3.44. The Morgan fingerprint density at radius 2 is 2.26 bits per heavy atom. The van der Waals surface area contributed by atoms with Crippen molar-refractivity contribution in [3.63, 3.8) is 0 Å². The largest absolute Gasteiger partial charge is 0.373 e. The predicted molar refractivity (Wildman–Crippen MR) is 80.8 cm³/mol. The zero-order chi connectivity index (χ0) is 13.1. The molecule has 106 valence electrons. The molecule has 0 aliphatic carbocycles. The molecule has 0 saturated carbocycles. The molecule has 0 spiro atoms. The number of nitrogens with two attached hydrogens (primary N) is 1. The molecule has 0 radical (unpaired) electrons. The highest BCUT2D eigenvalue weighted by molar-refractivity contribution is 9.10. The number of carbonyl (C=O) groups is 1. The van der Waals surface area contributed by atoms with Crippen LogP contribution in [0.1, 0.15) is 15.9 Å². The second-order valence-electron chi connectivity index (χ2n) is 4.50. The number of carbonyl (C=O) groups excluding carboxylic acids is 1. The summed E-state index contributed by atoms with van der Waals surface area (Å²) in [7, 11) is 0. The quantitative estimate of drug-likeness (QED) is 0.888. The van der Waals surface area contributed by atoms with Crippen molar-refractivity contribution in [2.45, 2.75) is 13.0 Å². The fourth-order valence-electron chi connectivity index (χ4n) is 2.09. The zero-order valence-electron chi connectivity index (χ0n) is 10.8. The molecule has 4 nitrogen and oxygen atoms in total. The molecule has 0 bridgehead atoms. The standard InChI is InChI=1S/C13H17BrN2O2.ClH/c1-9-4-10(6-11(14)5-9)13(17)16-2-3-18-12(7-15)8-16;/h4-6,12H,2-3,7-8,15H2,1H3;1H. The fourth-order valence-corrected chi connectivity index (χ4v) is 2.70. The van der Waals surface area contributed by atoms with Crippen molar-refractivity contribution in [1.82, 2.24) is 4.90 Å². The van der Waals surface area contributed by atoms with Crippen LogP contribution in [-0.2, 0) is 4.74 Å². The lowest BCUT2D eigenvalue weighted by molar-refractivity contribution is -0.0167. The van der Waals surface area contributed by atoms with Crippen LogP contribution in [0.3, 0.4) is 0 Å². The molecule has 2 N–H and O–H groups in total. The van der Waals surface area contributed by atoms with E-state index in [0.717, 1.165) is 10.0 Å². The van der Waals surface area contributed by atoms with Crippen LogP contribution in [0.15, 0.2) is 22.7 Å². The number of aryl methyl sites for hydroxylation is 1. The van der Waals surface area contributed by atoms with Gasteiger partial charge < -0.3 is 15.4 Å². The highest BCUT2D eigenvalue weighted by Crippen LogP contribution is 2.18. The number of morpholine rings is 1. The number of hydrogen-bond acceptors (Lipinski definition) is 3. The van der Waals surface area contributed by atoms with Gasteiger partial charge in [0.2, 0.25) is 0 Å². The molecule has 2 rings (SSSR count). The number of rotatable bonds is 2. The van der Waals surface area contributed by atoms with Gasteiger partial charge in [-0.15, -0.1) is 12.4 Å². The summed E-state index contributed by atoms with van der Waals surface area (Å²) in [6, 6.07) is 5.74. The minimum Gasteiger partial charge on any atom is -0.373 e.